The first kappa shape index (κ1) is 18.9. The maximum atomic E-state index is 14.0. The van der Waals surface area contributed by atoms with Gasteiger partial charge in [0, 0.05) is 29.4 Å². The molecule has 2 aromatic rings. The molecule has 7 nitrogen and oxygen atoms in total. The van der Waals surface area contributed by atoms with Gasteiger partial charge in [-0.3, -0.25) is 4.79 Å². The summed E-state index contributed by atoms with van der Waals surface area (Å²) in [5.74, 6) is -0.998. The summed E-state index contributed by atoms with van der Waals surface area (Å²) in [7, 11) is 0. The molecule has 1 atom stereocenters. The van der Waals surface area contributed by atoms with Crippen LogP contribution < -0.4 is 15.4 Å². The fourth-order valence-corrected chi connectivity index (χ4v) is 4.25. The van der Waals surface area contributed by atoms with Crippen LogP contribution in [0.3, 0.4) is 0 Å². The number of carbonyl (C=O) groups excluding carboxylic acids is 2. The molecule has 1 unspecified atom stereocenters. The first-order valence-electron chi connectivity index (χ1n) is 9.56. The second-order valence-corrected chi connectivity index (χ2v) is 6.97. The molecule has 4 rings (SSSR count). The summed E-state index contributed by atoms with van der Waals surface area (Å²) in [6.07, 6.45) is 0.739. The number of nitrogens with zero attached hydrogens (tertiary/aromatic N) is 1. The highest BCUT2D eigenvalue weighted by Crippen LogP contribution is 2.55. The largest absolute Gasteiger partial charge is 0.508 e. The lowest BCUT2D eigenvalue weighted by atomic mass is 9.68. The zero-order valence-electron chi connectivity index (χ0n) is 16.3. The molecule has 150 valence electrons. The molecule has 0 fully saturated rings. The predicted octanol–water partition coefficient (Wildman–Crippen LogP) is 2.56. The SMILES string of the molecule is CCCN1C(=O)C2(C(C(=O)OCC)=C(N)Oc3cc(O)ccc32)c2ccccc21. The molecule has 0 bridgehead atoms. The second kappa shape index (κ2) is 6.84. The number of carbonyl (C=O) groups is 2. The molecule has 0 aromatic heterocycles. The average Bonchev–Trinajstić information content (AvgIpc) is 2.92. The standard InChI is InChI=1S/C22H22N2O5/c1-3-11-24-16-8-6-5-7-14(16)22(21(24)27)15-10-9-13(25)12-17(15)29-19(23)18(22)20(26)28-4-2/h5-10,12,25H,3-4,11,23H2,1-2H3. The molecular formula is C22H22N2O5. The van der Waals surface area contributed by atoms with Crippen LogP contribution >= 0.6 is 0 Å². The minimum absolute atomic E-state index is 0.0320. The van der Waals surface area contributed by atoms with Crippen LogP contribution in [-0.4, -0.2) is 30.1 Å². The van der Waals surface area contributed by atoms with Crippen molar-refractivity contribution in [1.29, 1.82) is 0 Å². The van der Waals surface area contributed by atoms with Crippen molar-refractivity contribution in [2.24, 2.45) is 5.73 Å². The highest BCUT2D eigenvalue weighted by molar-refractivity contribution is 6.18. The van der Waals surface area contributed by atoms with Gasteiger partial charge < -0.3 is 25.2 Å². The smallest absolute Gasteiger partial charge is 0.341 e. The fourth-order valence-electron chi connectivity index (χ4n) is 4.25. The van der Waals surface area contributed by atoms with Gasteiger partial charge in [-0.25, -0.2) is 4.79 Å². The van der Waals surface area contributed by atoms with Gasteiger partial charge in [0.15, 0.2) is 0 Å². The molecule has 2 aromatic carbocycles. The molecule has 0 saturated carbocycles. The van der Waals surface area contributed by atoms with Crippen LogP contribution in [0.15, 0.2) is 53.9 Å². The van der Waals surface area contributed by atoms with Crippen LogP contribution in [0.5, 0.6) is 11.5 Å². The van der Waals surface area contributed by atoms with Crippen molar-refractivity contribution >= 4 is 17.6 Å². The zero-order chi connectivity index (χ0) is 20.8. The Balaban J connectivity index is 2.10. The predicted molar refractivity (Wildman–Crippen MR) is 106 cm³/mol. The van der Waals surface area contributed by atoms with E-state index in [1.54, 1.807) is 17.9 Å². The number of fused-ring (bicyclic) bond motifs is 4. The normalized spacial score (nSPS) is 19.8. The number of hydrogen-bond donors (Lipinski definition) is 2. The number of rotatable bonds is 4. The van der Waals surface area contributed by atoms with Crippen LogP contribution in [0.1, 0.15) is 31.4 Å². The molecular weight excluding hydrogens is 372 g/mol. The van der Waals surface area contributed by atoms with E-state index in [0.29, 0.717) is 17.7 Å². The molecule has 0 aliphatic carbocycles. The Morgan fingerprint density at radius 2 is 1.97 bits per heavy atom. The van der Waals surface area contributed by atoms with Crippen molar-refractivity contribution in [1.82, 2.24) is 0 Å². The van der Waals surface area contributed by atoms with E-state index in [1.165, 1.54) is 12.1 Å². The summed E-state index contributed by atoms with van der Waals surface area (Å²) in [6.45, 7) is 4.28. The fraction of sp³-hybridized carbons (Fsp3) is 0.273. The molecule has 2 aliphatic heterocycles. The van der Waals surface area contributed by atoms with Gasteiger partial charge in [0.1, 0.15) is 22.5 Å². The number of amides is 1. The van der Waals surface area contributed by atoms with Crippen molar-refractivity contribution in [2.45, 2.75) is 25.7 Å². The molecule has 0 radical (unpaired) electrons. The van der Waals surface area contributed by atoms with Crippen LogP contribution in [0, 0.1) is 0 Å². The van der Waals surface area contributed by atoms with Crippen LogP contribution in [-0.2, 0) is 19.7 Å². The van der Waals surface area contributed by atoms with Crippen LogP contribution in [0.2, 0.25) is 0 Å². The second-order valence-electron chi connectivity index (χ2n) is 6.97. The van der Waals surface area contributed by atoms with E-state index >= 15 is 0 Å². The Bertz CT molecular complexity index is 1050. The summed E-state index contributed by atoms with van der Waals surface area (Å²) in [5, 5.41) is 9.94. The highest BCUT2D eigenvalue weighted by atomic mass is 16.5. The Labute approximate surface area is 168 Å². The lowest BCUT2D eigenvalue weighted by Crippen LogP contribution is -2.48. The Hall–Kier alpha value is -3.48. The first-order valence-corrected chi connectivity index (χ1v) is 9.56. The Morgan fingerprint density at radius 3 is 2.69 bits per heavy atom. The number of anilines is 1. The number of benzene rings is 2. The van der Waals surface area contributed by atoms with Crippen molar-refractivity contribution in [3.8, 4) is 11.5 Å². The third kappa shape index (κ3) is 2.50. The van der Waals surface area contributed by atoms with Crippen molar-refractivity contribution in [3.63, 3.8) is 0 Å². The molecule has 2 heterocycles. The van der Waals surface area contributed by atoms with Crippen molar-refractivity contribution < 1.29 is 24.2 Å². The number of aromatic hydroxyl groups is 1. The number of para-hydroxylation sites is 1. The van der Waals surface area contributed by atoms with Gasteiger partial charge in [0.25, 0.3) is 0 Å². The molecule has 1 spiro atoms. The molecule has 29 heavy (non-hydrogen) atoms. The van der Waals surface area contributed by atoms with E-state index in [-0.39, 0.29) is 35.5 Å². The van der Waals surface area contributed by atoms with Crippen molar-refractivity contribution in [2.75, 3.05) is 18.1 Å². The van der Waals surface area contributed by atoms with Gasteiger partial charge in [0.2, 0.25) is 11.8 Å². The van der Waals surface area contributed by atoms with E-state index < -0.39 is 11.4 Å². The van der Waals surface area contributed by atoms with Gasteiger partial charge in [-0.2, -0.15) is 0 Å². The first-order chi connectivity index (χ1) is 14.0. The summed E-state index contributed by atoms with van der Waals surface area (Å²) in [5.41, 5.74) is 6.45. The number of hydrogen-bond acceptors (Lipinski definition) is 6. The Morgan fingerprint density at radius 1 is 1.21 bits per heavy atom. The van der Waals surface area contributed by atoms with Gasteiger partial charge in [-0.05, 0) is 31.5 Å². The average molecular weight is 394 g/mol. The highest BCUT2D eigenvalue weighted by Gasteiger charge is 2.60. The van der Waals surface area contributed by atoms with E-state index in [0.717, 1.165) is 12.1 Å². The lowest BCUT2D eigenvalue weighted by molar-refractivity contribution is -0.140. The van der Waals surface area contributed by atoms with E-state index in [4.69, 9.17) is 15.2 Å². The lowest BCUT2D eigenvalue weighted by Gasteiger charge is -2.36. The summed E-state index contributed by atoms with van der Waals surface area (Å²) >= 11 is 0. The van der Waals surface area contributed by atoms with E-state index in [2.05, 4.69) is 0 Å². The van der Waals surface area contributed by atoms with E-state index in [9.17, 15) is 14.7 Å². The summed E-state index contributed by atoms with van der Waals surface area (Å²) in [4.78, 5) is 28.6. The minimum atomic E-state index is -1.50. The number of phenols is 1. The molecule has 2 aliphatic rings. The van der Waals surface area contributed by atoms with E-state index in [1.807, 2.05) is 31.2 Å². The van der Waals surface area contributed by atoms with Gasteiger partial charge in [0.05, 0.1) is 6.61 Å². The quantitative estimate of drug-likeness (QED) is 0.773. The third-order valence-electron chi connectivity index (χ3n) is 5.30. The van der Waals surface area contributed by atoms with Crippen LogP contribution in [0.25, 0.3) is 0 Å². The molecule has 7 heteroatoms. The molecule has 1 amide bonds. The maximum Gasteiger partial charge on any atom is 0.341 e. The Kier molecular flexibility index (Phi) is 4.45. The van der Waals surface area contributed by atoms with Crippen LogP contribution in [0.4, 0.5) is 5.69 Å². The summed E-state index contributed by atoms with van der Waals surface area (Å²) in [6, 6.07) is 11.8. The topological polar surface area (TPSA) is 102 Å². The molecule has 3 N–H and O–H groups in total. The number of phenolic OH excluding ortho intramolecular Hbond substituents is 1. The third-order valence-corrected chi connectivity index (χ3v) is 5.30. The molecule has 0 saturated heterocycles. The van der Waals surface area contributed by atoms with Gasteiger partial charge in [-0.1, -0.05) is 25.1 Å². The summed E-state index contributed by atoms with van der Waals surface area (Å²) < 4.78 is 10.9. The minimum Gasteiger partial charge on any atom is -0.508 e. The van der Waals surface area contributed by atoms with Crippen molar-refractivity contribution in [3.05, 3.63) is 65.0 Å². The number of esters is 1. The zero-order valence-corrected chi connectivity index (χ0v) is 16.3. The number of ether oxygens (including phenoxy) is 2. The maximum absolute atomic E-state index is 14.0. The van der Waals surface area contributed by atoms with Gasteiger partial charge >= 0.3 is 5.97 Å². The monoisotopic (exact) mass is 394 g/mol. The van der Waals surface area contributed by atoms with Gasteiger partial charge in [-0.15, -0.1) is 0 Å². The number of nitrogens with two attached hydrogens (primary N) is 1.